The van der Waals surface area contributed by atoms with Crippen molar-refractivity contribution in [3.8, 4) is 5.75 Å². The van der Waals surface area contributed by atoms with Crippen LogP contribution in [0.15, 0.2) is 22.7 Å². The summed E-state index contributed by atoms with van der Waals surface area (Å²) in [5.74, 6) is 1.08. The SMILES string of the molecule is COc1cc(Br)ccc1C(O)C(O)CCS. The van der Waals surface area contributed by atoms with E-state index >= 15 is 0 Å². The Kier molecular flexibility index (Phi) is 5.61. The van der Waals surface area contributed by atoms with Gasteiger partial charge in [-0.05, 0) is 24.3 Å². The fourth-order valence-corrected chi connectivity index (χ4v) is 2.03. The van der Waals surface area contributed by atoms with Crippen molar-refractivity contribution < 1.29 is 14.9 Å². The van der Waals surface area contributed by atoms with Crippen LogP contribution in [0.5, 0.6) is 5.75 Å². The number of aliphatic hydroxyl groups is 2. The zero-order chi connectivity index (χ0) is 12.1. The van der Waals surface area contributed by atoms with Crippen LogP contribution in [0.2, 0.25) is 0 Å². The molecule has 1 aromatic rings. The molecule has 0 aliphatic carbocycles. The van der Waals surface area contributed by atoms with Gasteiger partial charge in [0.15, 0.2) is 0 Å². The molecule has 0 saturated carbocycles. The van der Waals surface area contributed by atoms with E-state index < -0.39 is 12.2 Å². The zero-order valence-electron chi connectivity index (χ0n) is 8.93. The largest absolute Gasteiger partial charge is 0.496 e. The number of aliphatic hydroxyl groups excluding tert-OH is 2. The van der Waals surface area contributed by atoms with Crippen molar-refractivity contribution in [2.45, 2.75) is 18.6 Å². The predicted octanol–water partition coefficient (Wildman–Crippen LogP) is 2.17. The summed E-state index contributed by atoms with van der Waals surface area (Å²) in [4.78, 5) is 0. The van der Waals surface area contributed by atoms with Gasteiger partial charge in [-0.3, -0.25) is 0 Å². The van der Waals surface area contributed by atoms with Gasteiger partial charge in [0.2, 0.25) is 0 Å². The van der Waals surface area contributed by atoms with E-state index in [1.807, 2.05) is 0 Å². The van der Waals surface area contributed by atoms with E-state index in [4.69, 9.17) is 4.74 Å². The summed E-state index contributed by atoms with van der Waals surface area (Å²) < 4.78 is 6.02. The van der Waals surface area contributed by atoms with Crippen molar-refractivity contribution in [2.24, 2.45) is 0 Å². The topological polar surface area (TPSA) is 49.7 Å². The number of benzene rings is 1. The molecule has 2 N–H and O–H groups in total. The lowest BCUT2D eigenvalue weighted by Crippen LogP contribution is -2.19. The van der Waals surface area contributed by atoms with Crippen LogP contribution in [-0.2, 0) is 0 Å². The number of hydrogen-bond donors (Lipinski definition) is 3. The van der Waals surface area contributed by atoms with Crippen LogP contribution >= 0.6 is 28.6 Å². The highest BCUT2D eigenvalue weighted by molar-refractivity contribution is 9.10. The number of hydrogen-bond acceptors (Lipinski definition) is 4. The molecule has 0 aliphatic rings. The van der Waals surface area contributed by atoms with Gasteiger partial charge in [0.25, 0.3) is 0 Å². The summed E-state index contributed by atoms with van der Waals surface area (Å²) in [7, 11) is 1.53. The van der Waals surface area contributed by atoms with Gasteiger partial charge in [0.05, 0.1) is 13.2 Å². The molecule has 0 fully saturated rings. The molecule has 0 heterocycles. The summed E-state index contributed by atoms with van der Waals surface area (Å²) in [6, 6.07) is 5.29. The number of halogens is 1. The lowest BCUT2D eigenvalue weighted by Gasteiger charge is -2.19. The number of methoxy groups -OCH3 is 1. The van der Waals surface area contributed by atoms with E-state index in [0.29, 0.717) is 23.5 Å². The predicted molar refractivity (Wildman–Crippen MR) is 70.1 cm³/mol. The fraction of sp³-hybridized carbons (Fsp3) is 0.455. The first-order valence-corrected chi connectivity index (χ1v) is 6.33. The second-order valence-electron chi connectivity index (χ2n) is 3.41. The van der Waals surface area contributed by atoms with E-state index in [1.165, 1.54) is 7.11 Å². The van der Waals surface area contributed by atoms with Crippen molar-refractivity contribution in [3.63, 3.8) is 0 Å². The molecule has 0 saturated heterocycles. The third-order valence-electron chi connectivity index (χ3n) is 2.30. The average Bonchev–Trinajstić information content (AvgIpc) is 2.28. The molecule has 16 heavy (non-hydrogen) atoms. The molecular formula is C11H15BrO3S. The highest BCUT2D eigenvalue weighted by Crippen LogP contribution is 2.30. The van der Waals surface area contributed by atoms with Gasteiger partial charge >= 0.3 is 0 Å². The summed E-state index contributed by atoms with van der Waals surface area (Å²) in [6.07, 6.45) is -1.34. The van der Waals surface area contributed by atoms with Crippen LogP contribution in [0.25, 0.3) is 0 Å². The molecule has 1 rings (SSSR count). The van der Waals surface area contributed by atoms with Crippen molar-refractivity contribution in [3.05, 3.63) is 28.2 Å². The van der Waals surface area contributed by atoms with E-state index in [2.05, 4.69) is 28.6 Å². The van der Waals surface area contributed by atoms with E-state index in [0.717, 1.165) is 4.47 Å². The van der Waals surface area contributed by atoms with Gasteiger partial charge in [-0.25, -0.2) is 0 Å². The molecule has 0 aliphatic heterocycles. The minimum absolute atomic E-state index is 0.434. The lowest BCUT2D eigenvalue weighted by molar-refractivity contribution is 0.0159. The van der Waals surface area contributed by atoms with Crippen LogP contribution < -0.4 is 4.74 Å². The Hall–Kier alpha value is -0.230. The number of ether oxygens (including phenoxy) is 1. The quantitative estimate of drug-likeness (QED) is 0.731. The van der Waals surface area contributed by atoms with Crippen LogP contribution in [0.4, 0.5) is 0 Å². The average molecular weight is 307 g/mol. The summed E-state index contributed by atoms with van der Waals surface area (Å²) in [5, 5.41) is 19.6. The van der Waals surface area contributed by atoms with Crippen molar-refractivity contribution in [1.29, 1.82) is 0 Å². The van der Waals surface area contributed by atoms with E-state index in [9.17, 15) is 10.2 Å². The first kappa shape index (κ1) is 13.8. The van der Waals surface area contributed by atoms with Crippen LogP contribution in [-0.4, -0.2) is 29.2 Å². The Morgan fingerprint density at radius 3 is 2.69 bits per heavy atom. The molecule has 0 aromatic heterocycles. The molecule has 2 atom stereocenters. The van der Waals surface area contributed by atoms with Gasteiger partial charge < -0.3 is 14.9 Å². The molecule has 3 nitrogen and oxygen atoms in total. The Bertz CT molecular complexity index is 346. The first-order valence-electron chi connectivity index (χ1n) is 4.90. The molecule has 0 amide bonds. The summed E-state index contributed by atoms with van der Waals surface area (Å²) >= 11 is 7.34. The first-order chi connectivity index (χ1) is 7.60. The number of rotatable bonds is 5. The molecule has 90 valence electrons. The second kappa shape index (κ2) is 6.49. The van der Waals surface area contributed by atoms with E-state index in [-0.39, 0.29) is 0 Å². The maximum atomic E-state index is 9.94. The zero-order valence-corrected chi connectivity index (χ0v) is 11.4. The Balaban J connectivity index is 2.93. The molecule has 1 aromatic carbocycles. The maximum Gasteiger partial charge on any atom is 0.125 e. The van der Waals surface area contributed by atoms with Gasteiger partial charge in [0, 0.05) is 10.0 Å². The Morgan fingerprint density at radius 1 is 1.44 bits per heavy atom. The van der Waals surface area contributed by atoms with Crippen LogP contribution in [0, 0.1) is 0 Å². The Labute approximate surface area is 109 Å². The highest BCUT2D eigenvalue weighted by atomic mass is 79.9. The Morgan fingerprint density at radius 2 is 2.12 bits per heavy atom. The molecule has 0 bridgehead atoms. The van der Waals surface area contributed by atoms with Crippen molar-refractivity contribution >= 4 is 28.6 Å². The molecule has 5 heteroatoms. The third-order valence-corrected chi connectivity index (χ3v) is 3.05. The monoisotopic (exact) mass is 306 g/mol. The fourth-order valence-electron chi connectivity index (χ4n) is 1.43. The van der Waals surface area contributed by atoms with Crippen LogP contribution in [0.3, 0.4) is 0 Å². The van der Waals surface area contributed by atoms with E-state index in [1.54, 1.807) is 18.2 Å². The van der Waals surface area contributed by atoms with Crippen molar-refractivity contribution in [1.82, 2.24) is 0 Å². The molecule has 0 spiro atoms. The van der Waals surface area contributed by atoms with Gasteiger partial charge in [0.1, 0.15) is 11.9 Å². The molecular weight excluding hydrogens is 292 g/mol. The van der Waals surface area contributed by atoms with Crippen LogP contribution in [0.1, 0.15) is 18.1 Å². The van der Waals surface area contributed by atoms with Gasteiger partial charge in [-0.2, -0.15) is 12.6 Å². The third kappa shape index (κ3) is 3.38. The molecule has 2 unspecified atom stereocenters. The minimum Gasteiger partial charge on any atom is -0.496 e. The summed E-state index contributed by atoms with van der Waals surface area (Å²) in [6.45, 7) is 0. The smallest absolute Gasteiger partial charge is 0.125 e. The number of thiol groups is 1. The lowest BCUT2D eigenvalue weighted by atomic mass is 10.0. The van der Waals surface area contributed by atoms with Crippen molar-refractivity contribution in [2.75, 3.05) is 12.9 Å². The standard InChI is InChI=1S/C11H15BrO3S/c1-15-10-6-7(12)2-3-8(10)11(14)9(13)4-5-16/h2-3,6,9,11,13-14,16H,4-5H2,1H3. The highest BCUT2D eigenvalue weighted by Gasteiger charge is 2.21. The van der Waals surface area contributed by atoms with Gasteiger partial charge in [-0.1, -0.05) is 22.0 Å². The van der Waals surface area contributed by atoms with Gasteiger partial charge in [-0.15, -0.1) is 0 Å². The molecule has 0 radical (unpaired) electrons. The normalized spacial score (nSPS) is 14.6. The maximum absolute atomic E-state index is 9.94. The second-order valence-corrected chi connectivity index (χ2v) is 4.77. The minimum atomic E-state index is -0.949. The summed E-state index contributed by atoms with van der Waals surface area (Å²) in [5.41, 5.74) is 0.583.